The number of piperidine rings is 1. The van der Waals surface area contributed by atoms with E-state index in [1.54, 1.807) is 6.07 Å². The monoisotopic (exact) mass is 325 g/mol. The first-order valence-corrected chi connectivity index (χ1v) is 7.75. The summed E-state index contributed by atoms with van der Waals surface area (Å²) in [6.07, 6.45) is 3.95. The van der Waals surface area contributed by atoms with Crippen molar-refractivity contribution in [3.8, 4) is 11.8 Å². The highest BCUT2D eigenvalue weighted by Gasteiger charge is 2.38. The predicted octanol–water partition coefficient (Wildman–Crippen LogP) is 0.698. The molecule has 0 radical (unpaired) electrons. The molecule has 2 aromatic rings. The van der Waals surface area contributed by atoms with Gasteiger partial charge in [-0.3, -0.25) is 4.79 Å². The molecular formula is C17H15N3O4. The van der Waals surface area contributed by atoms with Crippen LogP contribution in [0.5, 0.6) is 0 Å². The third kappa shape index (κ3) is 2.61. The predicted molar refractivity (Wildman–Crippen MR) is 84.3 cm³/mol. The fourth-order valence-corrected chi connectivity index (χ4v) is 3.46. The van der Waals surface area contributed by atoms with Gasteiger partial charge in [0.25, 0.3) is 5.91 Å². The molecule has 7 heteroatoms. The lowest BCUT2D eigenvalue weighted by atomic mass is 10.00. The van der Waals surface area contributed by atoms with Crippen LogP contribution in [0.2, 0.25) is 0 Å². The summed E-state index contributed by atoms with van der Waals surface area (Å²) in [6, 6.07) is 1.76. The zero-order chi connectivity index (χ0) is 16.7. The van der Waals surface area contributed by atoms with Crippen molar-refractivity contribution in [3.63, 3.8) is 0 Å². The summed E-state index contributed by atoms with van der Waals surface area (Å²) >= 11 is 0. The Morgan fingerprint density at radius 1 is 1.42 bits per heavy atom. The molecule has 2 aromatic heterocycles. The number of furan rings is 1. The van der Waals surface area contributed by atoms with Crippen molar-refractivity contribution in [1.82, 2.24) is 15.2 Å². The number of fused-ring (bicyclic) bond motifs is 3. The Bertz CT molecular complexity index is 892. The summed E-state index contributed by atoms with van der Waals surface area (Å²) in [4.78, 5) is 29.5. The second-order valence-electron chi connectivity index (χ2n) is 6.16. The van der Waals surface area contributed by atoms with E-state index in [0.29, 0.717) is 22.5 Å². The van der Waals surface area contributed by atoms with E-state index in [4.69, 9.17) is 9.52 Å². The SMILES string of the molecule is O=C(O)C#Cc1coc2cnc(C(=O)NC3CN4CC[C@H]3C4)cc12. The van der Waals surface area contributed by atoms with E-state index in [1.165, 1.54) is 12.5 Å². The molecular weight excluding hydrogens is 310 g/mol. The van der Waals surface area contributed by atoms with Gasteiger partial charge in [0.1, 0.15) is 12.0 Å². The van der Waals surface area contributed by atoms with Crippen LogP contribution in [0, 0.1) is 17.8 Å². The van der Waals surface area contributed by atoms with Crippen LogP contribution in [0.25, 0.3) is 11.0 Å². The summed E-state index contributed by atoms with van der Waals surface area (Å²) in [5.41, 5.74) is 1.17. The molecule has 2 fully saturated rings. The second kappa shape index (κ2) is 5.65. The molecule has 0 aliphatic carbocycles. The number of carboxylic acids is 1. The minimum absolute atomic E-state index is 0.166. The summed E-state index contributed by atoms with van der Waals surface area (Å²) < 4.78 is 5.29. The van der Waals surface area contributed by atoms with Crippen LogP contribution in [0.15, 0.2) is 22.9 Å². The first-order valence-electron chi connectivity index (χ1n) is 7.75. The van der Waals surface area contributed by atoms with Gasteiger partial charge >= 0.3 is 5.97 Å². The first-order chi connectivity index (χ1) is 11.6. The van der Waals surface area contributed by atoms with E-state index >= 15 is 0 Å². The molecule has 2 N–H and O–H groups in total. The maximum absolute atomic E-state index is 12.5. The molecule has 122 valence electrons. The number of pyridine rings is 1. The Morgan fingerprint density at radius 2 is 2.29 bits per heavy atom. The summed E-state index contributed by atoms with van der Waals surface area (Å²) in [7, 11) is 0. The Balaban J connectivity index is 1.58. The summed E-state index contributed by atoms with van der Waals surface area (Å²) in [5.74, 6) is 3.63. The summed E-state index contributed by atoms with van der Waals surface area (Å²) in [5, 5.41) is 12.3. The number of carboxylic acid groups (broad SMARTS) is 1. The number of nitrogens with zero attached hydrogens (tertiary/aromatic N) is 2. The van der Waals surface area contributed by atoms with Gasteiger partial charge in [0.15, 0.2) is 5.58 Å². The van der Waals surface area contributed by atoms with Crippen molar-refractivity contribution in [2.45, 2.75) is 12.5 Å². The third-order valence-electron chi connectivity index (χ3n) is 4.65. The van der Waals surface area contributed by atoms with Crippen molar-refractivity contribution in [2.75, 3.05) is 19.6 Å². The van der Waals surface area contributed by atoms with Gasteiger partial charge in [-0.05, 0) is 24.9 Å². The van der Waals surface area contributed by atoms with Gasteiger partial charge in [0.05, 0.1) is 11.8 Å². The average Bonchev–Trinajstić information content (AvgIpc) is 3.27. The molecule has 2 unspecified atom stereocenters. The number of amides is 1. The number of rotatable bonds is 2. The van der Waals surface area contributed by atoms with Crippen molar-refractivity contribution in [1.29, 1.82) is 0 Å². The maximum atomic E-state index is 12.5. The molecule has 7 nitrogen and oxygen atoms in total. The number of hydrogen-bond donors (Lipinski definition) is 2. The summed E-state index contributed by atoms with van der Waals surface area (Å²) in [6.45, 7) is 3.05. The van der Waals surface area contributed by atoms with Crippen molar-refractivity contribution >= 4 is 22.8 Å². The smallest absolute Gasteiger partial charge is 0.382 e. The number of nitrogens with one attached hydrogen (secondary N) is 1. The zero-order valence-corrected chi connectivity index (χ0v) is 12.8. The number of carbonyl (C=O) groups is 2. The van der Waals surface area contributed by atoms with Crippen LogP contribution in [-0.4, -0.2) is 52.5 Å². The highest BCUT2D eigenvalue weighted by atomic mass is 16.4. The maximum Gasteiger partial charge on any atom is 0.382 e. The molecule has 2 aliphatic rings. The van der Waals surface area contributed by atoms with E-state index in [9.17, 15) is 9.59 Å². The Hall–Kier alpha value is -2.85. The Labute approximate surface area is 137 Å². The van der Waals surface area contributed by atoms with Crippen LogP contribution < -0.4 is 5.32 Å². The molecule has 2 aliphatic heterocycles. The highest BCUT2D eigenvalue weighted by molar-refractivity contribution is 5.97. The Kier molecular flexibility index (Phi) is 3.47. The van der Waals surface area contributed by atoms with Gasteiger partial charge in [0.2, 0.25) is 0 Å². The van der Waals surface area contributed by atoms with E-state index in [2.05, 4.69) is 21.1 Å². The van der Waals surface area contributed by atoms with E-state index in [0.717, 1.165) is 26.1 Å². The standard InChI is InChI=1S/C17H15N3O4/c21-16(22)2-1-11-9-24-15-6-18-13(5-12(11)15)17(23)19-14-8-20-4-3-10(14)7-20/h5-6,9-10,14H,3-4,7-8H2,(H,19,23)(H,21,22)/t10-,14?/m0/s1. The van der Waals surface area contributed by atoms with Crippen LogP contribution in [-0.2, 0) is 4.79 Å². The van der Waals surface area contributed by atoms with E-state index < -0.39 is 5.97 Å². The molecule has 4 heterocycles. The van der Waals surface area contributed by atoms with Gasteiger partial charge in [0, 0.05) is 30.4 Å². The number of hydrogen-bond acceptors (Lipinski definition) is 5. The van der Waals surface area contributed by atoms with Crippen LogP contribution >= 0.6 is 0 Å². The molecule has 0 saturated carbocycles. The molecule has 24 heavy (non-hydrogen) atoms. The number of aliphatic carboxylic acids is 1. The normalized spacial score (nSPS) is 24.6. The number of aromatic nitrogens is 1. The lowest BCUT2D eigenvalue weighted by Gasteiger charge is -2.22. The number of carbonyl (C=O) groups excluding carboxylic acids is 1. The largest absolute Gasteiger partial charge is 0.472 e. The van der Waals surface area contributed by atoms with Gasteiger partial charge in [-0.2, -0.15) is 0 Å². The van der Waals surface area contributed by atoms with Gasteiger partial charge in [-0.1, -0.05) is 5.92 Å². The molecule has 1 amide bonds. The first kappa shape index (κ1) is 14.7. The zero-order valence-electron chi connectivity index (χ0n) is 12.8. The quantitative estimate of drug-likeness (QED) is 0.789. The van der Waals surface area contributed by atoms with E-state index in [1.807, 2.05) is 5.92 Å². The Morgan fingerprint density at radius 3 is 3.00 bits per heavy atom. The lowest BCUT2D eigenvalue weighted by molar-refractivity contribution is -0.130. The van der Waals surface area contributed by atoms with Gasteiger partial charge < -0.3 is 19.7 Å². The molecule has 2 saturated heterocycles. The lowest BCUT2D eigenvalue weighted by Crippen LogP contribution is -2.43. The molecule has 0 spiro atoms. The average molecular weight is 325 g/mol. The molecule has 0 aromatic carbocycles. The van der Waals surface area contributed by atoms with Gasteiger partial charge in [-0.15, -0.1) is 0 Å². The fourth-order valence-electron chi connectivity index (χ4n) is 3.46. The van der Waals surface area contributed by atoms with Crippen molar-refractivity contribution in [2.24, 2.45) is 5.92 Å². The van der Waals surface area contributed by atoms with E-state index in [-0.39, 0.29) is 17.6 Å². The minimum atomic E-state index is -1.22. The molecule has 2 bridgehead atoms. The molecule has 3 atom stereocenters. The molecule has 4 rings (SSSR count). The fraction of sp³-hybridized carbons (Fsp3) is 0.353. The van der Waals surface area contributed by atoms with Crippen LogP contribution in [0.1, 0.15) is 22.5 Å². The second-order valence-corrected chi connectivity index (χ2v) is 6.16. The van der Waals surface area contributed by atoms with Crippen molar-refractivity contribution < 1.29 is 19.1 Å². The third-order valence-corrected chi connectivity index (χ3v) is 4.65. The van der Waals surface area contributed by atoms with Crippen LogP contribution in [0.4, 0.5) is 0 Å². The van der Waals surface area contributed by atoms with Gasteiger partial charge in [-0.25, -0.2) is 9.78 Å². The topological polar surface area (TPSA) is 95.7 Å². The van der Waals surface area contributed by atoms with Crippen molar-refractivity contribution in [3.05, 3.63) is 29.8 Å². The minimum Gasteiger partial charge on any atom is -0.472 e. The highest BCUT2D eigenvalue weighted by Crippen LogP contribution is 2.28. The van der Waals surface area contributed by atoms with Crippen LogP contribution in [0.3, 0.4) is 0 Å².